The van der Waals surface area contributed by atoms with Crippen LogP contribution in [-0.2, 0) is 4.79 Å². The second-order valence-corrected chi connectivity index (χ2v) is 8.41. The molecule has 2 heterocycles. The molecule has 0 radical (unpaired) electrons. The second-order valence-electron chi connectivity index (χ2n) is 7.37. The minimum Gasteiger partial charge on any atom is -0.326 e. The van der Waals surface area contributed by atoms with Gasteiger partial charge in [0.05, 0.1) is 0 Å². The fraction of sp³-hybridized carbons (Fsp3) is 0.350. The van der Waals surface area contributed by atoms with Crippen LogP contribution in [0.4, 0.5) is 17.5 Å². The topological polar surface area (TPSA) is 108 Å². The quantitative estimate of drug-likeness (QED) is 0.529. The monoisotopic (exact) mass is 409 g/mol. The fourth-order valence-electron chi connectivity index (χ4n) is 2.72. The molecule has 0 aliphatic heterocycles. The molecular weight excluding hydrogens is 386 g/mol. The number of aromatic nitrogens is 5. The van der Waals surface area contributed by atoms with Crippen LogP contribution >= 0.6 is 11.8 Å². The van der Waals surface area contributed by atoms with Gasteiger partial charge < -0.3 is 10.6 Å². The van der Waals surface area contributed by atoms with Crippen LogP contribution in [0.15, 0.2) is 40.4 Å². The summed E-state index contributed by atoms with van der Waals surface area (Å²) >= 11 is 1.47. The van der Waals surface area contributed by atoms with Crippen molar-refractivity contribution in [1.82, 2.24) is 25.1 Å². The molecule has 150 valence electrons. The molecule has 1 aliphatic rings. The first kappa shape index (κ1) is 19.4. The molecule has 1 aliphatic carbocycles. The van der Waals surface area contributed by atoms with Crippen LogP contribution in [0.25, 0.3) is 0 Å². The number of hydrogen-bond acceptors (Lipinski definition) is 7. The number of hydrogen-bond donors (Lipinski definition) is 3. The average Bonchev–Trinajstić information content (AvgIpc) is 3.42. The van der Waals surface area contributed by atoms with Crippen LogP contribution in [0.3, 0.4) is 0 Å². The Balaban J connectivity index is 1.54. The van der Waals surface area contributed by atoms with Crippen molar-refractivity contribution in [2.24, 2.45) is 0 Å². The highest BCUT2D eigenvalue weighted by atomic mass is 32.2. The minimum atomic E-state index is -0.0911. The molecule has 2 aromatic heterocycles. The zero-order valence-corrected chi connectivity index (χ0v) is 17.4. The van der Waals surface area contributed by atoms with Gasteiger partial charge in [-0.2, -0.15) is 15.1 Å². The van der Waals surface area contributed by atoms with Crippen molar-refractivity contribution in [1.29, 1.82) is 0 Å². The molecule has 0 atom stereocenters. The van der Waals surface area contributed by atoms with Crippen LogP contribution in [0, 0.1) is 0 Å². The van der Waals surface area contributed by atoms with Crippen molar-refractivity contribution in [3.63, 3.8) is 0 Å². The van der Waals surface area contributed by atoms with Gasteiger partial charge in [0.2, 0.25) is 11.9 Å². The van der Waals surface area contributed by atoms with E-state index in [-0.39, 0.29) is 5.91 Å². The lowest BCUT2D eigenvalue weighted by Gasteiger charge is -2.08. The molecule has 4 rings (SSSR count). The molecule has 0 saturated heterocycles. The van der Waals surface area contributed by atoms with Gasteiger partial charge in [-0.15, -0.1) is 0 Å². The third-order valence-electron chi connectivity index (χ3n) is 4.42. The van der Waals surface area contributed by atoms with Crippen LogP contribution < -0.4 is 10.6 Å². The zero-order valence-electron chi connectivity index (χ0n) is 16.6. The van der Waals surface area contributed by atoms with Crippen molar-refractivity contribution < 1.29 is 4.79 Å². The van der Waals surface area contributed by atoms with E-state index in [4.69, 9.17) is 0 Å². The molecule has 1 amide bonds. The molecule has 9 heteroatoms. The highest BCUT2D eigenvalue weighted by Gasteiger charge is 2.28. The number of anilines is 3. The van der Waals surface area contributed by atoms with Crippen molar-refractivity contribution in [3.8, 4) is 0 Å². The summed E-state index contributed by atoms with van der Waals surface area (Å²) in [6.45, 7) is 5.71. The number of aromatic amines is 1. The number of rotatable bonds is 7. The molecule has 0 unspecified atom stereocenters. The molecule has 1 aromatic carbocycles. The summed E-state index contributed by atoms with van der Waals surface area (Å²) in [5, 5.41) is 13.9. The summed E-state index contributed by atoms with van der Waals surface area (Å²) in [6, 6.07) is 9.57. The van der Waals surface area contributed by atoms with Gasteiger partial charge >= 0.3 is 0 Å². The third kappa shape index (κ3) is 5.11. The van der Waals surface area contributed by atoms with E-state index in [1.807, 2.05) is 30.3 Å². The van der Waals surface area contributed by atoms with Crippen molar-refractivity contribution in [2.45, 2.75) is 55.5 Å². The van der Waals surface area contributed by atoms with E-state index in [1.165, 1.54) is 18.7 Å². The lowest BCUT2D eigenvalue weighted by Crippen LogP contribution is -2.05. The Morgan fingerprint density at radius 2 is 1.93 bits per heavy atom. The van der Waals surface area contributed by atoms with E-state index >= 15 is 0 Å². The first-order valence-electron chi connectivity index (χ1n) is 9.60. The van der Waals surface area contributed by atoms with Crippen LogP contribution in [0.1, 0.15) is 57.0 Å². The molecular formula is C20H23N7OS. The highest BCUT2D eigenvalue weighted by Crippen LogP contribution is 2.39. The lowest BCUT2D eigenvalue weighted by atomic mass is 10.1. The van der Waals surface area contributed by atoms with Crippen molar-refractivity contribution >= 4 is 35.1 Å². The van der Waals surface area contributed by atoms with Gasteiger partial charge in [-0.3, -0.25) is 9.89 Å². The van der Waals surface area contributed by atoms with Gasteiger partial charge in [0.15, 0.2) is 11.0 Å². The molecule has 0 spiro atoms. The average molecular weight is 410 g/mol. The number of nitrogens with one attached hydrogen (secondary N) is 3. The van der Waals surface area contributed by atoms with Crippen LogP contribution in [-0.4, -0.2) is 31.1 Å². The number of amides is 1. The summed E-state index contributed by atoms with van der Waals surface area (Å²) in [5.74, 6) is 2.69. The molecule has 8 nitrogen and oxygen atoms in total. The second kappa shape index (κ2) is 8.20. The Hall–Kier alpha value is -2.94. The molecule has 3 aromatic rings. The molecule has 1 saturated carbocycles. The number of benzene rings is 1. The van der Waals surface area contributed by atoms with E-state index < -0.39 is 0 Å². The predicted molar refractivity (Wildman–Crippen MR) is 113 cm³/mol. The lowest BCUT2D eigenvalue weighted by molar-refractivity contribution is -0.114. The number of carbonyl (C=O) groups is 1. The molecule has 1 fully saturated rings. The van der Waals surface area contributed by atoms with E-state index in [2.05, 4.69) is 49.6 Å². The van der Waals surface area contributed by atoms with Gasteiger partial charge in [0, 0.05) is 35.2 Å². The van der Waals surface area contributed by atoms with Crippen LogP contribution in [0.5, 0.6) is 0 Å². The SMILES string of the molecule is CC(=O)Nc1ccc(Sc2nc(Nc3cc(C(C)C)[nH]n3)nc(C3CC3)n2)cc1. The summed E-state index contributed by atoms with van der Waals surface area (Å²) in [4.78, 5) is 25.9. The van der Waals surface area contributed by atoms with Crippen molar-refractivity contribution in [2.75, 3.05) is 10.6 Å². The zero-order chi connectivity index (χ0) is 20.4. The maximum atomic E-state index is 11.2. The Labute approximate surface area is 173 Å². The smallest absolute Gasteiger partial charge is 0.232 e. The highest BCUT2D eigenvalue weighted by molar-refractivity contribution is 7.99. The largest absolute Gasteiger partial charge is 0.326 e. The normalized spacial score (nSPS) is 13.5. The first-order chi connectivity index (χ1) is 14.0. The maximum Gasteiger partial charge on any atom is 0.232 e. The van der Waals surface area contributed by atoms with E-state index in [1.54, 1.807) is 0 Å². The van der Waals surface area contributed by atoms with Crippen LogP contribution in [0.2, 0.25) is 0 Å². The van der Waals surface area contributed by atoms with Gasteiger partial charge in [-0.25, -0.2) is 4.98 Å². The van der Waals surface area contributed by atoms with Crippen molar-refractivity contribution in [3.05, 3.63) is 41.9 Å². The summed E-state index contributed by atoms with van der Waals surface area (Å²) in [5.41, 5.74) is 1.82. The number of carbonyl (C=O) groups excluding carboxylic acids is 1. The van der Waals surface area contributed by atoms with Gasteiger partial charge in [-0.05, 0) is 54.8 Å². The Bertz CT molecular complexity index is 1010. The molecule has 29 heavy (non-hydrogen) atoms. The summed E-state index contributed by atoms with van der Waals surface area (Å²) in [7, 11) is 0. The van der Waals surface area contributed by atoms with Gasteiger partial charge in [0.25, 0.3) is 0 Å². The summed E-state index contributed by atoms with van der Waals surface area (Å²) in [6.07, 6.45) is 2.22. The molecule has 0 bridgehead atoms. The Morgan fingerprint density at radius 3 is 2.55 bits per heavy atom. The maximum absolute atomic E-state index is 11.2. The Kier molecular flexibility index (Phi) is 5.48. The Morgan fingerprint density at radius 1 is 1.17 bits per heavy atom. The molecule has 3 N–H and O–H groups in total. The van der Waals surface area contributed by atoms with E-state index in [0.717, 1.165) is 34.9 Å². The number of nitrogens with zero attached hydrogens (tertiary/aromatic N) is 4. The first-order valence-corrected chi connectivity index (χ1v) is 10.4. The van der Waals surface area contributed by atoms with Gasteiger partial charge in [0.1, 0.15) is 5.82 Å². The van der Waals surface area contributed by atoms with E-state index in [9.17, 15) is 4.79 Å². The third-order valence-corrected chi connectivity index (χ3v) is 5.29. The predicted octanol–water partition coefficient (Wildman–Crippen LogP) is 4.45. The standard InChI is InChI=1S/C20H23N7OS/c1-11(2)16-10-17(27-26-16)22-19-23-18(13-4-5-13)24-20(25-19)29-15-8-6-14(7-9-15)21-12(3)28/h6-11,13H,4-5H2,1-3H3,(H,21,28)(H2,22,23,24,25,26,27). The number of H-pyrrole nitrogens is 1. The minimum absolute atomic E-state index is 0.0911. The van der Waals surface area contributed by atoms with Gasteiger partial charge in [-0.1, -0.05) is 13.8 Å². The fourth-order valence-corrected chi connectivity index (χ4v) is 3.48. The van der Waals surface area contributed by atoms with E-state index in [0.29, 0.717) is 28.8 Å². The summed E-state index contributed by atoms with van der Waals surface area (Å²) < 4.78 is 0.